The number of nitrogens with one attached hydrogen (secondary N) is 1. The molecule has 0 spiro atoms. The number of hydrogen-bond donors (Lipinski definition) is 1. The number of nitrogens with zero attached hydrogens (tertiary/aromatic N) is 2. The Morgan fingerprint density at radius 2 is 1.86 bits per heavy atom. The average Bonchev–Trinajstić information content (AvgIpc) is 2.93. The van der Waals surface area contributed by atoms with Gasteiger partial charge in [0.05, 0.1) is 6.04 Å². The minimum atomic E-state index is 0.435. The van der Waals surface area contributed by atoms with Crippen molar-refractivity contribution < 1.29 is 0 Å². The molecule has 1 saturated carbocycles. The Hall–Kier alpha value is -0.830. The summed E-state index contributed by atoms with van der Waals surface area (Å²) in [6.45, 7) is 11.3. The molecule has 21 heavy (non-hydrogen) atoms. The van der Waals surface area contributed by atoms with E-state index in [2.05, 4.69) is 48.8 Å². The van der Waals surface area contributed by atoms with Crippen LogP contribution in [0.3, 0.4) is 0 Å². The average molecular weight is 291 g/mol. The lowest BCUT2D eigenvalue weighted by Gasteiger charge is -2.35. The molecule has 0 aliphatic heterocycles. The summed E-state index contributed by atoms with van der Waals surface area (Å²) < 4.78 is 2.35. The van der Waals surface area contributed by atoms with Crippen LogP contribution >= 0.6 is 0 Å². The van der Waals surface area contributed by atoms with Gasteiger partial charge in [-0.05, 0) is 56.4 Å². The summed E-state index contributed by atoms with van der Waals surface area (Å²) in [6, 6.07) is 0.435. The molecular formula is C18H33N3. The third-order valence-corrected chi connectivity index (χ3v) is 5.15. The van der Waals surface area contributed by atoms with Gasteiger partial charge in [0.2, 0.25) is 0 Å². The third-order valence-electron chi connectivity index (χ3n) is 5.15. The molecule has 1 aromatic rings. The van der Waals surface area contributed by atoms with Gasteiger partial charge in [-0.25, -0.2) is 4.98 Å². The van der Waals surface area contributed by atoms with Gasteiger partial charge in [-0.15, -0.1) is 0 Å². The van der Waals surface area contributed by atoms with Gasteiger partial charge in [0.15, 0.2) is 0 Å². The Morgan fingerprint density at radius 1 is 1.19 bits per heavy atom. The lowest BCUT2D eigenvalue weighted by molar-refractivity contribution is 0.184. The predicted octanol–water partition coefficient (Wildman–Crippen LogP) is 4.41. The van der Waals surface area contributed by atoms with Crippen LogP contribution in [0.1, 0.15) is 71.7 Å². The molecule has 3 heteroatoms. The molecule has 0 aromatic carbocycles. The summed E-state index contributed by atoms with van der Waals surface area (Å²) >= 11 is 0. The molecule has 1 aliphatic carbocycles. The Kier molecular flexibility index (Phi) is 6.28. The maximum absolute atomic E-state index is 4.68. The van der Waals surface area contributed by atoms with Gasteiger partial charge >= 0.3 is 0 Å². The van der Waals surface area contributed by atoms with Crippen LogP contribution in [-0.2, 0) is 6.54 Å². The number of hydrogen-bond acceptors (Lipinski definition) is 2. The smallest absolute Gasteiger partial charge is 0.126 e. The van der Waals surface area contributed by atoms with Gasteiger partial charge in [-0.2, -0.15) is 0 Å². The van der Waals surface area contributed by atoms with Gasteiger partial charge in [-0.1, -0.05) is 27.7 Å². The van der Waals surface area contributed by atoms with Crippen LogP contribution in [0.2, 0.25) is 0 Å². The van der Waals surface area contributed by atoms with Crippen molar-refractivity contribution >= 4 is 0 Å². The van der Waals surface area contributed by atoms with Crippen LogP contribution in [0.4, 0.5) is 0 Å². The topological polar surface area (TPSA) is 29.9 Å². The minimum Gasteiger partial charge on any atom is -0.334 e. The molecule has 0 bridgehead atoms. The van der Waals surface area contributed by atoms with Crippen LogP contribution in [-0.4, -0.2) is 16.1 Å². The highest BCUT2D eigenvalue weighted by atomic mass is 15.1. The second-order valence-corrected chi connectivity index (χ2v) is 6.93. The lowest BCUT2D eigenvalue weighted by atomic mass is 9.74. The summed E-state index contributed by atoms with van der Waals surface area (Å²) in [5, 5.41) is 3.71. The van der Waals surface area contributed by atoms with Crippen molar-refractivity contribution in [2.45, 2.75) is 72.4 Å². The van der Waals surface area contributed by atoms with Gasteiger partial charge in [0.25, 0.3) is 0 Å². The Bertz CT molecular complexity index is 402. The Labute approximate surface area is 130 Å². The van der Waals surface area contributed by atoms with E-state index >= 15 is 0 Å². The first-order valence-corrected chi connectivity index (χ1v) is 8.91. The quantitative estimate of drug-likeness (QED) is 0.806. The third kappa shape index (κ3) is 4.09. The molecule has 1 N–H and O–H groups in total. The summed E-state index contributed by atoms with van der Waals surface area (Å²) in [5.41, 5.74) is 0. The lowest BCUT2D eigenvalue weighted by Crippen LogP contribution is -2.33. The number of rotatable bonds is 7. The maximum atomic E-state index is 4.68. The molecular weight excluding hydrogens is 258 g/mol. The molecule has 0 saturated heterocycles. The van der Waals surface area contributed by atoms with Crippen molar-refractivity contribution in [2.24, 2.45) is 17.8 Å². The standard InChI is InChI=1S/C18H33N3/c1-5-12-21-13-11-20-18(21)17(19-6-2)16-9-7-15(8-10-16)14(3)4/h11,13-17,19H,5-10,12H2,1-4H3. The van der Waals surface area contributed by atoms with Crippen molar-refractivity contribution in [3.8, 4) is 0 Å². The SMILES string of the molecule is CCCn1ccnc1C(NCC)C1CCC(C(C)C)CC1. The molecule has 1 heterocycles. The van der Waals surface area contributed by atoms with E-state index in [1.165, 1.54) is 37.9 Å². The Morgan fingerprint density at radius 3 is 2.43 bits per heavy atom. The number of aromatic nitrogens is 2. The van der Waals surface area contributed by atoms with Crippen LogP contribution in [0, 0.1) is 17.8 Å². The van der Waals surface area contributed by atoms with E-state index in [-0.39, 0.29) is 0 Å². The monoisotopic (exact) mass is 291 g/mol. The Balaban J connectivity index is 2.07. The van der Waals surface area contributed by atoms with E-state index in [0.717, 1.165) is 30.8 Å². The first kappa shape index (κ1) is 16.5. The molecule has 0 amide bonds. The first-order chi connectivity index (χ1) is 10.2. The molecule has 1 aliphatic rings. The first-order valence-electron chi connectivity index (χ1n) is 8.91. The largest absolute Gasteiger partial charge is 0.334 e. The van der Waals surface area contributed by atoms with Crippen LogP contribution < -0.4 is 5.32 Å². The summed E-state index contributed by atoms with van der Waals surface area (Å²) in [7, 11) is 0. The number of aryl methyl sites for hydroxylation is 1. The summed E-state index contributed by atoms with van der Waals surface area (Å²) in [6.07, 6.45) is 10.7. The van der Waals surface area contributed by atoms with Crippen LogP contribution in [0.15, 0.2) is 12.4 Å². The van der Waals surface area contributed by atoms with Gasteiger partial charge in [0, 0.05) is 18.9 Å². The highest BCUT2D eigenvalue weighted by Crippen LogP contribution is 2.39. The number of imidazole rings is 1. The molecule has 1 atom stereocenters. The van der Waals surface area contributed by atoms with E-state index in [4.69, 9.17) is 0 Å². The molecule has 1 aromatic heterocycles. The zero-order chi connectivity index (χ0) is 15.2. The second kappa shape index (κ2) is 7.98. The molecule has 120 valence electrons. The van der Waals surface area contributed by atoms with E-state index in [1.54, 1.807) is 0 Å². The zero-order valence-electron chi connectivity index (χ0n) is 14.3. The van der Waals surface area contributed by atoms with E-state index in [0.29, 0.717) is 6.04 Å². The van der Waals surface area contributed by atoms with Crippen molar-refractivity contribution in [1.82, 2.24) is 14.9 Å². The molecule has 1 unspecified atom stereocenters. The van der Waals surface area contributed by atoms with E-state index < -0.39 is 0 Å². The van der Waals surface area contributed by atoms with Gasteiger partial charge in [-0.3, -0.25) is 0 Å². The van der Waals surface area contributed by atoms with Gasteiger partial charge in [0.1, 0.15) is 5.82 Å². The van der Waals surface area contributed by atoms with E-state index in [9.17, 15) is 0 Å². The highest BCUT2D eigenvalue weighted by Gasteiger charge is 2.31. The fourth-order valence-electron chi connectivity index (χ4n) is 3.86. The molecule has 1 fully saturated rings. The van der Waals surface area contributed by atoms with Crippen molar-refractivity contribution in [3.63, 3.8) is 0 Å². The summed E-state index contributed by atoms with van der Waals surface area (Å²) in [4.78, 5) is 4.68. The molecule has 3 nitrogen and oxygen atoms in total. The van der Waals surface area contributed by atoms with E-state index in [1.807, 2.05) is 6.20 Å². The second-order valence-electron chi connectivity index (χ2n) is 6.93. The van der Waals surface area contributed by atoms with Crippen LogP contribution in [0.5, 0.6) is 0 Å². The molecule has 2 rings (SSSR count). The van der Waals surface area contributed by atoms with Crippen molar-refractivity contribution in [1.29, 1.82) is 0 Å². The predicted molar refractivity (Wildman–Crippen MR) is 89.2 cm³/mol. The maximum Gasteiger partial charge on any atom is 0.126 e. The van der Waals surface area contributed by atoms with Gasteiger partial charge < -0.3 is 9.88 Å². The van der Waals surface area contributed by atoms with Crippen molar-refractivity contribution in [3.05, 3.63) is 18.2 Å². The fraction of sp³-hybridized carbons (Fsp3) is 0.833. The molecule has 0 radical (unpaired) electrons. The summed E-state index contributed by atoms with van der Waals surface area (Å²) in [5.74, 6) is 3.77. The minimum absolute atomic E-state index is 0.435. The highest BCUT2D eigenvalue weighted by molar-refractivity contribution is 5.03. The fourth-order valence-corrected chi connectivity index (χ4v) is 3.86. The normalized spacial score (nSPS) is 24.4. The van der Waals surface area contributed by atoms with Crippen molar-refractivity contribution in [2.75, 3.05) is 6.54 Å². The van der Waals surface area contributed by atoms with Crippen LogP contribution in [0.25, 0.3) is 0 Å². The zero-order valence-corrected chi connectivity index (χ0v) is 14.3.